The molecule has 1 N–H and O–H groups in total. The maximum absolute atomic E-state index is 12.2. The monoisotopic (exact) mass is 267 g/mol. The third-order valence-electron chi connectivity index (χ3n) is 2.66. The van der Waals surface area contributed by atoms with E-state index in [4.69, 9.17) is 9.63 Å². The Kier molecular flexibility index (Phi) is 4.69. The molecule has 0 aliphatic rings. The van der Waals surface area contributed by atoms with Gasteiger partial charge in [0.25, 0.3) is 0 Å². The SMILES string of the molecule is CCc1noc(C(C)N(C)CC(O)C(F)(F)F)n1. The molecular weight excluding hydrogens is 251 g/mol. The maximum atomic E-state index is 12.2. The summed E-state index contributed by atoms with van der Waals surface area (Å²) < 4.78 is 41.6. The van der Waals surface area contributed by atoms with Crippen molar-refractivity contribution in [2.24, 2.45) is 0 Å². The lowest BCUT2D eigenvalue weighted by Crippen LogP contribution is -2.40. The molecule has 0 aliphatic carbocycles. The van der Waals surface area contributed by atoms with Gasteiger partial charge in [0.15, 0.2) is 11.9 Å². The number of aryl methyl sites for hydroxylation is 1. The van der Waals surface area contributed by atoms with Gasteiger partial charge in [0, 0.05) is 13.0 Å². The molecule has 18 heavy (non-hydrogen) atoms. The number of aliphatic hydroxyl groups is 1. The van der Waals surface area contributed by atoms with Crippen LogP contribution in [0, 0.1) is 0 Å². The molecule has 0 amide bonds. The van der Waals surface area contributed by atoms with Crippen LogP contribution in [0.25, 0.3) is 0 Å². The molecule has 1 aromatic heterocycles. The highest BCUT2D eigenvalue weighted by Gasteiger charge is 2.39. The van der Waals surface area contributed by atoms with Gasteiger partial charge in [-0.2, -0.15) is 18.2 Å². The molecule has 0 saturated heterocycles. The molecule has 104 valence electrons. The highest BCUT2D eigenvalue weighted by atomic mass is 19.4. The number of rotatable bonds is 5. The van der Waals surface area contributed by atoms with E-state index in [-0.39, 0.29) is 5.89 Å². The second-order valence-electron chi connectivity index (χ2n) is 4.08. The van der Waals surface area contributed by atoms with Crippen LogP contribution in [0.5, 0.6) is 0 Å². The Morgan fingerprint density at radius 3 is 2.50 bits per heavy atom. The molecule has 1 heterocycles. The van der Waals surface area contributed by atoms with Gasteiger partial charge in [0.05, 0.1) is 6.04 Å². The van der Waals surface area contributed by atoms with E-state index in [1.807, 2.05) is 6.92 Å². The maximum Gasteiger partial charge on any atom is 0.415 e. The van der Waals surface area contributed by atoms with Crippen LogP contribution in [0.3, 0.4) is 0 Å². The summed E-state index contributed by atoms with van der Waals surface area (Å²) in [4.78, 5) is 5.35. The number of alkyl halides is 3. The summed E-state index contributed by atoms with van der Waals surface area (Å²) in [6.07, 6.45) is -6.43. The van der Waals surface area contributed by atoms with Gasteiger partial charge in [-0.3, -0.25) is 4.90 Å². The predicted molar refractivity (Wildman–Crippen MR) is 56.8 cm³/mol. The first-order valence-corrected chi connectivity index (χ1v) is 5.53. The Morgan fingerprint density at radius 2 is 2.06 bits per heavy atom. The Labute approximate surface area is 103 Å². The van der Waals surface area contributed by atoms with Crippen molar-refractivity contribution in [3.63, 3.8) is 0 Å². The van der Waals surface area contributed by atoms with E-state index in [1.165, 1.54) is 11.9 Å². The average molecular weight is 267 g/mol. The Balaban J connectivity index is 2.63. The highest BCUT2D eigenvalue weighted by Crippen LogP contribution is 2.23. The molecule has 8 heteroatoms. The Bertz CT molecular complexity index is 381. The van der Waals surface area contributed by atoms with E-state index in [1.54, 1.807) is 6.92 Å². The summed E-state index contributed by atoms with van der Waals surface area (Å²) in [6, 6.07) is -0.491. The zero-order chi connectivity index (χ0) is 13.9. The first-order valence-electron chi connectivity index (χ1n) is 5.53. The van der Waals surface area contributed by atoms with E-state index in [9.17, 15) is 13.2 Å². The summed E-state index contributed by atoms with van der Waals surface area (Å²) in [5.41, 5.74) is 0. The molecule has 0 spiro atoms. The van der Waals surface area contributed by atoms with Crippen molar-refractivity contribution in [2.75, 3.05) is 13.6 Å². The van der Waals surface area contributed by atoms with Gasteiger partial charge >= 0.3 is 6.18 Å². The Hall–Kier alpha value is -1.15. The van der Waals surface area contributed by atoms with Crippen LogP contribution in [0.15, 0.2) is 4.52 Å². The van der Waals surface area contributed by atoms with Gasteiger partial charge < -0.3 is 9.63 Å². The third kappa shape index (κ3) is 3.67. The second kappa shape index (κ2) is 5.66. The molecule has 0 aromatic carbocycles. The topological polar surface area (TPSA) is 62.4 Å². The largest absolute Gasteiger partial charge is 0.415 e. The highest BCUT2D eigenvalue weighted by molar-refractivity contribution is 4.92. The van der Waals surface area contributed by atoms with Crippen molar-refractivity contribution in [2.45, 2.75) is 38.6 Å². The lowest BCUT2D eigenvalue weighted by atomic mass is 10.2. The molecular formula is C10H16F3N3O2. The lowest BCUT2D eigenvalue weighted by molar-refractivity contribution is -0.208. The summed E-state index contributed by atoms with van der Waals surface area (Å²) in [6.45, 7) is 2.93. The van der Waals surface area contributed by atoms with Crippen LogP contribution < -0.4 is 0 Å². The number of likely N-dealkylation sites (N-methyl/N-ethyl adjacent to an activating group) is 1. The van der Waals surface area contributed by atoms with Crippen LogP contribution in [0.4, 0.5) is 13.2 Å². The van der Waals surface area contributed by atoms with Crippen LogP contribution in [0.2, 0.25) is 0 Å². The average Bonchev–Trinajstić information content (AvgIpc) is 2.74. The van der Waals surface area contributed by atoms with Crippen LogP contribution in [0.1, 0.15) is 31.6 Å². The van der Waals surface area contributed by atoms with Crippen molar-refractivity contribution in [1.82, 2.24) is 15.0 Å². The fraction of sp³-hybridized carbons (Fsp3) is 0.800. The van der Waals surface area contributed by atoms with Crippen molar-refractivity contribution in [3.05, 3.63) is 11.7 Å². The normalized spacial score (nSPS) is 16.0. The molecule has 0 radical (unpaired) electrons. The molecule has 0 bridgehead atoms. The van der Waals surface area contributed by atoms with Crippen molar-refractivity contribution < 1.29 is 22.8 Å². The zero-order valence-corrected chi connectivity index (χ0v) is 10.4. The van der Waals surface area contributed by atoms with Crippen molar-refractivity contribution >= 4 is 0 Å². The van der Waals surface area contributed by atoms with Gasteiger partial charge in [-0.05, 0) is 14.0 Å². The fourth-order valence-electron chi connectivity index (χ4n) is 1.30. The molecule has 0 saturated carbocycles. The summed E-state index contributed by atoms with van der Waals surface area (Å²) in [5, 5.41) is 12.6. The van der Waals surface area contributed by atoms with Gasteiger partial charge in [-0.15, -0.1) is 0 Å². The molecule has 2 atom stereocenters. The third-order valence-corrected chi connectivity index (χ3v) is 2.66. The minimum atomic E-state index is -4.63. The summed E-state index contributed by atoms with van der Waals surface area (Å²) >= 11 is 0. The lowest BCUT2D eigenvalue weighted by Gasteiger charge is -2.25. The van der Waals surface area contributed by atoms with E-state index in [0.29, 0.717) is 12.2 Å². The van der Waals surface area contributed by atoms with E-state index in [2.05, 4.69) is 10.1 Å². The van der Waals surface area contributed by atoms with Crippen LogP contribution in [-0.4, -0.2) is 46.0 Å². The molecule has 0 fully saturated rings. The smallest absolute Gasteiger partial charge is 0.382 e. The van der Waals surface area contributed by atoms with Crippen molar-refractivity contribution in [1.29, 1.82) is 0 Å². The number of aromatic nitrogens is 2. The van der Waals surface area contributed by atoms with Gasteiger partial charge in [-0.1, -0.05) is 12.1 Å². The van der Waals surface area contributed by atoms with E-state index < -0.39 is 24.9 Å². The standard InChI is InChI=1S/C10H16F3N3O2/c1-4-8-14-9(18-15-8)6(2)16(3)5-7(17)10(11,12)13/h6-7,17H,4-5H2,1-3H3. The molecule has 1 aromatic rings. The van der Waals surface area contributed by atoms with Crippen LogP contribution in [-0.2, 0) is 6.42 Å². The van der Waals surface area contributed by atoms with Gasteiger partial charge in [0.1, 0.15) is 0 Å². The second-order valence-corrected chi connectivity index (χ2v) is 4.08. The van der Waals surface area contributed by atoms with Crippen molar-refractivity contribution in [3.8, 4) is 0 Å². The minimum absolute atomic E-state index is 0.240. The van der Waals surface area contributed by atoms with Gasteiger partial charge in [0.2, 0.25) is 5.89 Å². The number of nitrogens with zero attached hydrogens (tertiary/aromatic N) is 3. The van der Waals surface area contributed by atoms with E-state index in [0.717, 1.165) is 0 Å². The number of hydrogen-bond acceptors (Lipinski definition) is 5. The predicted octanol–water partition coefficient (Wildman–Crippen LogP) is 1.55. The molecule has 5 nitrogen and oxygen atoms in total. The molecule has 1 rings (SSSR count). The Morgan fingerprint density at radius 1 is 1.44 bits per heavy atom. The number of aliphatic hydroxyl groups excluding tert-OH is 1. The van der Waals surface area contributed by atoms with Gasteiger partial charge in [-0.25, -0.2) is 0 Å². The molecule has 0 aliphatic heterocycles. The quantitative estimate of drug-likeness (QED) is 0.877. The summed E-state index contributed by atoms with van der Waals surface area (Å²) in [5.74, 6) is 0.741. The van der Waals surface area contributed by atoms with E-state index >= 15 is 0 Å². The fourth-order valence-corrected chi connectivity index (χ4v) is 1.30. The zero-order valence-electron chi connectivity index (χ0n) is 10.4. The molecule has 2 unspecified atom stereocenters. The van der Waals surface area contributed by atoms with Crippen LogP contribution >= 0.6 is 0 Å². The minimum Gasteiger partial charge on any atom is -0.382 e. The number of hydrogen-bond donors (Lipinski definition) is 1. The first-order chi connectivity index (χ1) is 8.25. The number of halogens is 3. The first kappa shape index (κ1) is 14.9. The summed E-state index contributed by atoms with van der Waals surface area (Å²) in [7, 11) is 1.45.